The van der Waals surface area contributed by atoms with E-state index in [2.05, 4.69) is 5.32 Å². The Morgan fingerprint density at radius 2 is 2.24 bits per heavy atom. The minimum Gasteiger partial charge on any atom is -0.496 e. The molecule has 17 heavy (non-hydrogen) atoms. The van der Waals surface area contributed by atoms with Gasteiger partial charge in [0.1, 0.15) is 5.75 Å². The predicted octanol–water partition coefficient (Wildman–Crippen LogP) is 2.63. The van der Waals surface area contributed by atoms with E-state index in [1.54, 1.807) is 7.11 Å². The lowest BCUT2D eigenvalue weighted by Gasteiger charge is -2.27. The van der Waals surface area contributed by atoms with E-state index in [0.717, 1.165) is 47.2 Å². The van der Waals surface area contributed by atoms with E-state index in [9.17, 15) is 0 Å². The van der Waals surface area contributed by atoms with Gasteiger partial charge in [-0.25, -0.2) is 0 Å². The van der Waals surface area contributed by atoms with Gasteiger partial charge in [-0.15, -0.1) is 0 Å². The average Bonchev–Trinajstić information content (AvgIpc) is 2.34. The summed E-state index contributed by atoms with van der Waals surface area (Å²) in [5.41, 5.74) is 3.21. The number of morpholine rings is 1. The largest absolute Gasteiger partial charge is 0.496 e. The summed E-state index contributed by atoms with van der Waals surface area (Å²) in [6, 6.07) is 1.98. The second-order valence-electron chi connectivity index (χ2n) is 4.31. The van der Waals surface area contributed by atoms with Gasteiger partial charge in [-0.05, 0) is 25.5 Å². The Hall–Kier alpha value is -0.770. The van der Waals surface area contributed by atoms with Crippen LogP contribution in [-0.2, 0) is 4.74 Å². The van der Waals surface area contributed by atoms with Crippen molar-refractivity contribution in [2.75, 3.05) is 26.8 Å². The highest BCUT2D eigenvalue weighted by atomic mass is 35.5. The van der Waals surface area contributed by atoms with Crippen LogP contribution in [-0.4, -0.2) is 26.8 Å². The van der Waals surface area contributed by atoms with E-state index >= 15 is 0 Å². The molecule has 3 nitrogen and oxygen atoms in total. The molecule has 0 aliphatic carbocycles. The quantitative estimate of drug-likeness (QED) is 0.881. The maximum absolute atomic E-state index is 6.17. The van der Waals surface area contributed by atoms with Crippen LogP contribution in [0.4, 0.5) is 0 Å². The molecule has 1 saturated heterocycles. The average molecular weight is 256 g/mol. The van der Waals surface area contributed by atoms with E-state index in [1.165, 1.54) is 0 Å². The van der Waals surface area contributed by atoms with Crippen molar-refractivity contribution in [2.45, 2.75) is 20.0 Å². The molecule has 1 aliphatic heterocycles. The number of ether oxygens (including phenoxy) is 2. The second kappa shape index (κ2) is 5.25. The van der Waals surface area contributed by atoms with Gasteiger partial charge in [-0.3, -0.25) is 0 Å². The van der Waals surface area contributed by atoms with Crippen molar-refractivity contribution >= 4 is 11.6 Å². The van der Waals surface area contributed by atoms with Crippen LogP contribution in [0.15, 0.2) is 6.07 Å². The zero-order valence-corrected chi connectivity index (χ0v) is 11.2. The van der Waals surface area contributed by atoms with Gasteiger partial charge in [0, 0.05) is 29.2 Å². The minimum atomic E-state index is 0.0506. The second-order valence-corrected chi connectivity index (χ2v) is 4.72. The summed E-state index contributed by atoms with van der Waals surface area (Å²) in [7, 11) is 1.68. The number of benzene rings is 1. The highest BCUT2D eigenvalue weighted by molar-refractivity contribution is 6.31. The Kier molecular flexibility index (Phi) is 3.92. The third-order valence-electron chi connectivity index (χ3n) is 3.17. The zero-order valence-electron chi connectivity index (χ0n) is 10.5. The van der Waals surface area contributed by atoms with Crippen molar-refractivity contribution in [2.24, 2.45) is 0 Å². The molecule has 4 heteroatoms. The molecular weight excluding hydrogens is 238 g/mol. The molecule has 0 saturated carbocycles. The van der Waals surface area contributed by atoms with Gasteiger partial charge in [0.25, 0.3) is 0 Å². The van der Waals surface area contributed by atoms with Crippen LogP contribution in [0.1, 0.15) is 22.8 Å². The number of aryl methyl sites for hydroxylation is 1. The van der Waals surface area contributed by atoms with Gasteiger partial charge in [0.2, 0.25) is 0 Å². The summed E-state index contributed by atoms with van der Waals surface area (Å²) >= 11 is 6.17. The third kappa shape index (κ3) is 2.41. The molecule has 1 unspecified atom stereocenters. The van der Waals surface area contributed by atoms with Gasteiger partial charge < -0.3 is 14.8 Å². The molecule has 0 amide bonds. The predicted molar refractivity (Wildman–Crippen MR) is 69.0 cm³/mol. The van der Waals surface area contributed by atoms with Crippen LogP contribution in [0.3, 0.4) is 0 Å². The van der Waals surface area contributed by atoms with E-state index in [0.29, 0.717) is 0 Å². The molecule has 1 N–H and O–H groups in total. The maximum Gasteiger partial charge on any atom is 0.129 e. The van der Waals surface area contributed by atoms with E-state index < -0.39 is 0 Å². The normalized spacial score (nSPS) is 20.4. The van der Waals surface area contributed by atoms with Crippen molar-refractivity contribution in [3.05, 3.63) is 27.8 Å². The summed E-state index contributed by atoms with van der Waals surface area (Å²) in [6.45, 7) is 6.47. The van der Waals surface area contributed by atoms with Crippen molar-refractivity contribution < 1.29 is 9.47 Å². The Labute approximate surface area is 107 Å². The first-order valence-corrected chi connectivity index (χ1v) is 6.19. The summed E-state index contributed by atoms with van der Waals surface area (Å²) in [4.78, 5) is 0. The van der Waals surface area contributed by atoms with Crippen molar-refractivity contribution in [3.63, 3.8) is 0 Å². The topological polar surface area (TPSA) is 30.5 Å². The molecule has 1 aromatic rings. The SMILES string of the molecule is COc1c(C)c(Cl)cc(C)c1C1CNCCO1. The molecule has 1 fully saturated rings. The number of hydrogen-bond donors (Lipinski definition) is 1. The first-order valence-electron chi connectivity index (χ1n) is 5.81. The van der Waals surface area contributed by atoms with E-state index in [4.69, 9.17) is 21.1 Å². The van der Waals surface area contributed by atoms with Crippen LogP contribution in [0.5, 0.6) is 5.75 Å². The molecule has 0 spiro atoms. The standard InChI is InChI=1S/C13H18ClNO2/c1-8-6-10(14)9(2)13(16-3)12(8)11-7-15-4-5-17-11/h6,11,15H,4-5,7H2,1-3H3. The summed E-state index contributed by atoms with van der Waals surface area (Å²) in [5.74, 6) is 0.851. The Bertz CT molecular complexity index is 414. The molecule has 0 aromatic heterocycles. The van der Waals surface area contributed by atoms with Crippen molar-refractivity contribution in [3.8, 4) is 5.75 Å². The van der Waals surface area contributed by atoms with Crippen LogP contribution < -0.4 is 10.1 Å². The molecule has 1 aromatic carbocycles. The van der Waals surface area contributed by atoms with Crippen molar-refractivity contribution in [1.82, 2.24) is 5.32 Å². The fourth-order valence-electron chi connectivity index (χ4n) is 2.28. The van der Waals surface area contributed by atoms with Gasteiger partial charge in [-0.2, -0.15) is 0 Å². The number of methoxy groups -OCH3 is 1. The molecule has 1 aliphatic rings. The lowest BCUT2D eigenvalue weighted by Crippen LogP contribution is -2.34. The number of rotatable bonds is 2. The minimum absolute atomic E-state index is 0.0506. The third-order valence-corrected chi connectivity index (χ3v) is 3.56. The Morgan fingerprint density at radius 1 is 1.47 bits per heavy atom. The first-order chi connectivity index (χ1) is 8.15. The molecule has 94 valence electrons. The summed E-state index contributed by atoms with van der Waals surface area (Å²) in [6.07, 6.45) is 0.0506. The lowest BCUT2D eigenvalue weighted by molar-refractivity contribution is 0.0258. The number of hydrogen-bond acceptors (Lipinski definition) is 3. The summed E-state index contributed by atoms with van der Waals surface area (Å²) < 4.78 is 11.3. The smallest absolute Gasteiger partial charge is 0.129 e. The molecule has 0 bridgehead atoms. The van der Waals surface area contributed by atoms with Crippen LogP contribution in [0, 0.1) is 13.8 Å². The van der Waals surface area contributed by atoms with Gasteiger partial charge in [0.05, 0.1) is 19.8 Å². The Balaban J connectivity index is 2.47. The molecule has 2 rings (SSSR count). The molecule has 0 radical (unpaired) electrons. The molecular formula is C13H18ClNO2. The number of nitrogens with one attached hydrogen (secondary N) is 1. The molecule has 1 atom stereocenters. The van der Waals surface area contributed by atoms with Crippen LogP contribution in [0.2, 0.25) is 5.02 Å². The highest BCUT2D eigenvalue weighted by Crippen LogP contribution is 2.37. The van der Waals surface area contributed by atoms with Crippen LogP contribution in [0.25, 0.3) is 0 Å². The zero-order chi connectivity index (χ0) is 12.4. The summed E-state index contributed by atoms with van der Waals surface area (Å²) in [5, 5.41) is 4.07. The van der Waals surface area contributed by atoms with Crippen LogP contribution >= 0.6 is 11.6 Å². The van der Waals surface area contributed by atoms with Gasteiger partial charge in [0.15, 0.2) is 0 Å². The fourth-order valence-corrected chi connectivity index (χ4v) is 2.53. The van der Waals surface area contributed by atoms with Crippen molar-refractivity contribution in [1.29, 1.82) is 0 Å². The fraction of sp³-hybridized carbons (Fsp3) is 0.538. The monoisotopic (exact) mass is 255 g/mol. The lowest BCUT2D eigenvalue weighted by atomic mass is 9.98. The van der Waals surface area contributed by atoms with Gasteiger partial charge in [-0.1, -0.05) is 11.6 Å². The first kappa shape index (κ1) is 12.7. The van der Waals surface area contributed by atoms with E-state index in [1.807, 2.05) is 19.9 Å². The maximum atomic E-state index is 6.17. The highest BCUT2D eigenvalue weighted by Gasteiger charge is 2.23. The Morgan fingerprint density at radius 3 is 2.82 bits per heavy atom. The molecule has 1 heterocycles. The van der Waals surface area contributed by atoms with Gasteiger partial charge >= 0.3 is 0 Å². The van der Waals surface area contributed by atoms with E-state index in [-0.39, 0.29) is 6.10 Å². The number of halogens is 1.